The molecule has 0 saturated carbocycles. The summed E-state index contributed by atoms with van der Waals surface area (Å²) in [5.74, 6) is 1.63. The smallest absolute Gasteiger partial charge is 0.172 e. The van der Waals surface area contributed by atoms with Crippen LogP contribution in [0.2, 0.25) is 0 Å². The molecule has 0 radical (unpaired) electrons. The van der Waals surface area contributed by atoms with Crippen molar-refractivity contribution in [3.63, 3.8) is 0 Å². The van der Waals surface area contributed by atoms with E-state index in [0.717, 1.165) is 38.0 Å². The van der Waals surface area contributed by atoms with E-state index in [1.807, 2.05) is 91.0 Å². The summed E-state index contributed by atoms with van der Waals surface area (Å²) in [7, 11) is 0. The zero-order chi connectivity index (χ0) is 29.5. The first-order chi connectivity index (χ1) is 20.4. The molecule has 3 aromatic rings. The molecule has 0 spiro atoms. The first kappa shape index (κ1) is 27.9. The predicted octanol–water partition coefficient (Wildman–Crippen LogP) is 8.74. The minimum absolute atomic E-state index is 0.0362. The summed E-state index contributed by atoms with van der Waals surface area (Å²) in [6, 6.07) is 30.0. The van der Waals surface area contributed by atoms with Gasteiger partial charge in [0.15, 0.2) is 11.3 Å². The molecule has 2 aliphatic rings. The number of nitrogens with zero attached hydrogens (tertiary/aromatic N) is 3. The van der Waals surface area contributed by atoms with Crippen molar-refractivity contribution in [2.45, 2.75) is 19.4 Å². The summed E-state index contributed by atoms with van der Waals surface area (Å²) in [6.45, 7) is 3.61. The molecule has 0 amide bonds. The fourth-order valence-corrected chi connectivity index (χ4v) is 5.46. The summed E-state index contributed by atoms with van der Waals surface area (Å²) in [6.07, 6.45) is 13.8. The molecule has 202 valence electrons. The van der Waals surface area contributed by atoms with Gasteiger partial charge in [0.1, 0.15) is 40.9 Å². The summed E-state index contributed by atoms with van der Waals surface area (Å²) in [5.41, 5.74) is 2.83. The Bertz CT molecular complexity index is 1790. The van der Waals surface area contributed by atoms with Crippen LogP contribution in [0.3, 0.4) is 0 Å². The third kappa shape index (κ3) is 6.08. The van der Waals surface area contributed by atoms with E-state index in [2.05, 4.69) is 36.4 Å². The highest BCUT2D eigenvalue weighted by Crippen LogP contribution is 2.40. The highest BCUT2D eigenvalue weighted by Gasteiger charge is 2.38. The molecule has 6 heteroatoms. The molecular formula is C36H25N3O2S. The van der Waals surface area contributed by atoms with Crippen molar-refractivity contribution >= 4 is 35.0 Å². The van der Waals surface area contributed by atoms with E-state index in [4.69, 9.17) is 9.47 Å². The van der Waals surface area contributed by atoms with Crippen LogP contribution in [0.5, 0.6) is 0 Å². The van der Waals surface area contributed by atoms with Gasteiger partial charge in [0.05, 0.1) is 0 Å². The van der Waals surface area contributed by atoms with Crippen LogP contribution >= 0.6 is 11.3 Å². The molecule has 1 aromatic heterocycles. The minimum atomic E-state index is -0.839. The quantitative estimate of drug-likeness (QED) is 0.221. The Labute approximate surface area is 249 Å². The molecule has 0 N–H and O–H groups in total. The lowest BCUT2D eigenvalue weighted by atomic mass is 9.95. The van der Waals surface area contributed by atoms with Crippen LogP contribution in [-0.2, 0) is 9.47 Å². The highest BCUT2D eigenvalue weighted by molar-refractivity contribution is 7.13. The van der Waals surface area contributed by atoms with Crippen molar-refractivity contribution in [1.29, 1.82) is 15.8 Å². The molecule has 0 aliphatic carbocycles. The van der Waals surface area contributed by atoms with Gasteiger partial charge in [-0.3, -0.25) is 0 Å². The largest absolute Gasteiger partial charge is 0.480 e. The molecule has 0 atom stereocenters. The summed E-state index contributed by atoms with van der Waals surface area (Å²) in [4.78, 5) is 2.16. The van der Waals surface area contributed by atoms with Crippen molar-refractivity contribution in [3.05, 3.63) is 152 Å². The van der Waals surface area contributed by atoms with Gasteiger partial charge in [0, 0.05) is 26.5 Å². The fourth-order valence-electron chi connectivity index (χ4n) is 4.58. The zero-order valence-corrected chi connectivity index (χ0v) is 23.9. The first-order valence-electron chi connectivity index (χ1n) is 13.2. The number of ether oxygens (including phenoxy) is 2. The van der Waals surface area contributed by atoms with Gasteiger partial charge in [-0.25, -0.2) is 0 Å². The molecule has 2 aromatic carbocycles. The van der Waals surface area contributed by atoms with Crippen molar-refractivity contribution in [2.75, 3.05) is 0 Å². The van der Waals surface area contributed by atoms with Crippen molar-refractivity contribution in [2.24, 2.45) is 0 Å². The standard InChI is InChI=1S/C36H25N3O2S/c1-36(2)32(31(24-39)35(41-36)28(22-37)23-38)16-10-9-15-29-17-18-30(42-29)19-25-20-33(26-11-5-3-6-12-26)40-34(21-25)27-13-7-4-8-14-27/h3-21H,1-2H3/b15-9+,16-10+. The Hall–Kier alpha value is -5.61. The van der Waals surface area contributed by atoms with Crippen LogP contribution in [0.25, 0.3) is 23.7 Å². The zero-order valence-electron chi connectivity index (χ0n) is 23.0. The van der Waals surface area contributed by atoms with E-state index in [1.165, 1.54) is 0 Å². The third-order valence-electron chi connectivity index (χ3n) is 6.59. The van der Waals surface area contributed by atoms with Crippen LogP contribution in [0.15, 0.2) is 131 Å². The fraction of sp³-hybridized carbons (Fsp3) is 0.0833. The van der Waals surface area contributed by atoms with Crippen molar-refractivity contribution in [3.8, 4) is 18.2 Å². The predicted molar refractivity (Wildman–Crippen MR) is 166 cm³/mol. The van der Waals surface area contributed by atoms with Crippen molar-refractivity contribution < 1.29 is 9.47 Å². The van der Waals surface area contributed by atoms with Gasteiger partial charge in [-0.2, -0.15) is 15.8 Å². The van der Waals surface area contributed by atoms with E-state index in [0.29, 0.717) is 5.57 Å². The van der Waals surface area contributed by atoms with Crippen LogP contribution in [0.4, 0.5) is 0 Å². The maximum atomic E-state index is 9.70. The number of hydrogen-bond donors (Lipinski definition) is 0. The molecule has 3 heterocycles. The maximum absolute atomic E-state index is 9.70. The monoisotopic (exact) mass is 563 g/mol. The van der Waals surface area contributed by atoms with Gasteiger partial charge in [-0.05, 0) is 55.9 Å². The highest BCUT2D eigenvalue weighted by atomic mass is 32.1. The second kappa shape index (κ2) is 12.3. The van der Waals surface area contributed by atoms with Crippen molar-refractivity contribution in [1.82, 2.24) is 0 Å². The maximum Gasteiger partial charge on any atom is 0.172 e. The average molecular weight is 564 g/mol. The Morgan fingerprint density at radius 3 is 1.90 bits per heavy atom. The number of benzene rings is 2. The molecule has 0 bridgehead atoms. The van der Waals surface area contributed by atoms with Crippen LogP contribution in [0, 0.1) is 34.0 Å². The van der Waals surface area contributed by atoms with Crippen LogP contribution in [0.1, 0.15) is 34.7 Å². The molecule has 42 heavy (non-hydrogen) atoms. The number of thiophene rings is 1. The number of rotatable bonds is 6. The van der Waals surface area contributed by atoms with Gasteiger partial charge >= 0.3 is 0 Å². The second-order valence-electron chi connectivity index (χ2n) is 9.89. The lowest BCUT2D eigenvalue weighted by molar-refractivity contribution is 0.0954. The molecule has 0 fully saturated rings. The van der Waals surface area contributed by atoms with Crippen LogP contribution < -0.4 is 0 Å². The van der Waals surface area contributed by atoms with Gasteiger partial charge in [0.2, 0.25) is 0 Å². The topological polar surface area (TPSA) is 89.8 Å². The molecule has 5 rings (SSSR count). The van der Waals surface area contributed by atoms with E-state index >= 15 is 0 Å². The van der Waals surface area contributed by atoms with Gasteiger partial charge in [0.25, 0.3) is 0 Å². The average Bonchev–Trinajstić information content (AvgIpc) is 3.56. The Balaban J connectivity index is 1.39. The number of nitriles is 3. The molecular weight excluding hydrogens is 538 g/mol. The molecule has 2 aliphatic heterocycles. The SMILES string of the molecule is CC1(C)OC(=C(C#N)C#N)C(C#N)=C1/C=C/C=C/c1ccc(C=C2C=C(c3ccccc3)OC(c3ccccc3)=C2)s1. The normalized spacial score (nSPS) is 15.8. The second-order valence-corrected chi connectivity index (χ2v) is 11.0. The van der Waals surface area contributed by atoms with E-state index in [-0.39, 0.29) is 16.9 Å². The lowest BCUT2D eigenvalue weighted by Crippen LogP contribution is -2.20. The first-order valence-corrected chi connectivity index (χ1v) is 14.0. The Morgan fingerprint density at radius 1 is 0.762 bits per heavy atom. The lowest BCUT2D eigenvalue weighted by Gasteiger charge is -2.20. The summed E-state index contributed by atoms with van der Waals surface area (Å²) >= 11 is 1.65. The van der Waals surface area contributed by atoms with Gasteiger partial charge in [-0.15, -0.1) is 11.3 Å². The summed E-state index contributed by atoms with van der Waals surface area (Å²) in [5, 5.41) is 28.2. The van der Waals surface area contributed by atoms with Gasteiger partial charge in [-0.1, -0.05) is 78.9 Å². The number of allylic oxidation sites excluding steroid dienone is 7. The molecule has 0 unspecified atom stereocenters. The summed E-state index contributed by atoms with van der Waals surface area (Å²) < 4.78 is 12.1. The third-order valence-corrected chi connectivity index (χ3v) is 7.59. The Morgan fingerprint density at radius 2 is 1.33 bits per heavy atom. The molecule has 5 nitrogen and oxygen atoms in total. The Kier molecular flexibility index (Phi) is 8.17. The molecule has 0 saturated heterocycles. The van der Waals surface area contributed by atoms with Crippen LogP contribution in [-0.4, -0.2) is 5.60 Å². The number of hydrogen-bond acceptors (Lipinski definition) is 6. The van der Waals surface area contributed by atoms with Gasteiger partial charge < -0.3 is 9.47 Å². The van der Waals surface area contributed by atoms with E-state index < -0.39 is 5.60 Å². The van der Waals surface area contributed by atoms with E-state index in [9.17, 15) is 15.8 Å². The minimum Gasteiger partial charge on any atom is -0.480 e. The van der Waals surface area contributed by atoms with E-state index in [1.54, 1.807) is 31.3 Å².